The lowest BCUT2D eigenvalue weighted by atomic mass is 9.96. The summed E-state index contributed by atoms with van der Waals surface area (Å²) in [5, 5.41) is 0. The molecule has 0 bridgehead atoms. The van der Waals surface area contributed by atoms with E-state index in [9.17, 15) is 4.79 Å². The minimum Gasteiger partial charge on any atom is -0.460 e. The Hall–Kier alpha value is -2.69. The van der Waals surface area contributed by atoms with Gasteiger partial charge in [-0.05, 0) is 59.9 Å². The highest BCUT2D eigenvalue weighted by molar-refractivity contribution is 8.04. The highest BCUT2D eigenvalue weighted by Crippen LogP contribution is 2.66. The van der Waals surface area contributed by atoms with Crippen LogP contribution in [0.3, 0.4) is 0 Å². The Kier molecular flexibility index (Phi) is 6.63. The zero-order valence-corrected chi connectivity index (χ0v) is 19.7. The van der Waals surface area contributed by atoms with E-state index in [-0.39, 0.29) is 18.0 Å². The summed E-state index contributed by atoms with van der Waals surface area (Å²) < 4.78 is 12.2. The average Bonchev–Trinajstić information content (AvgIpc) is 3.34. The van der Waals surface area contributed by atoms with Crippen LogP contribution in [0.1, 0.15) is 25.8 Å². The van der Waals surface area contributed by atoms with Gasteiger partial charge in [0.2, 0.25) is 0 Å². The third-order valence-corrected chi connectivity index (χ3v) is 6.89. The van der Waals surface area contributed by atoms with Gasteiger partial charge in [-0.3, -0.25) is 4.79 Å². The predicted molar refractivity (Wildman–Crippen MR) is 130 cm³/mol. The molecule has 0 N–H and O–H groups in total. The minimum absolute atomic E-state index is 0.180. The summed E-state index contributed by atoms with van der Waals surface area (Å²) in [6.07, 6.45) is 2.57. The fraction of sp³-hybridized carbons (Fsp3) is 0.222. The lowest BCUT2D eigenvalue weighted by Crippen LogP contribution is -2.22. The summed E-state index contributed by atoms with van der Waals surface area (Å²) in [6, 6.07) is 27.1. The van der Waals surface area contributed by atoms with Gasteiger partial charge in [0.25, 0.3) is 0 Å². The molecule has 5 heteroatoms. The lowest BCUT2D eigenvalue weighted by molar-refractivity contribution is -0.150. The Bertz CT molecular complexity index is 1110. The molecule has 0 heterocycles. The van der Waals surface area contributed by atoms with Crippen LogP contribution < -0.4 is 4.74 Å². The van der Waals surface area contributed by atoms with Crippen molar-refractivity contribution in [1.82, 2.24) is 0 Å². The van der Waals surface area contributed by atoms with E-state index in [1.165, 1.54) is 11.8 Å². The van der Waals surface area contributed by atoms with Crippen molar-refractivity contribution in [2.24, 2.45) is 10.8 Å². The van der Waals surface area contributed by atoms with Gasteiger partial charge in [-0.1, -0.05) is 85.7 Å². The number of carbonyl (C=O) groups is 1. The molecule has 0 spiro atoms. The average molecular weight is 465 g/mol. The molecule has 0 saturated heterocycles. The quantitative estimate of drug-likeness (QED) is 0.251. The fourth-order valence-electron chi connectivity index (χ4n) is 3.73. The highest BCUT2D eigenvalue weighted by Gasteiger charge is 2.66. The van der Waals surface area contributed by atoms with Gasteiger partial charge in [0.15, 0.2) is 0 Å². The molecule has 0 radical (unpaired) electrons. The van der Waals surface area contributed by atoms with E-state index in [0.717, 1.165) is 16.2 Å². The fourth-order valence-corrected chi connectivity index (χ4v) is 4.96. The first kappa shape index (κ1) is 22.5. The van der Waals surface area contributed by atoms with E-state index in [2.05, 4.69) is 13.8 Å². The van der Waals surface area contributed by atoms with Crippen LogP contribution >= 0.6 is 23.4 Å². The highest BCUT2D eigenvalue weighted by atomic mass is 35.5. The third-order valence-electron chi connectivity index (χ3n) is 5.73. The first-order chi connectivity index (χ1) is 15.4. The summed E-state index contributed by atoms with van der Waals surface area (Å²) in [5.41, 5.74) is -0.0295. The minimum atomic E-state index is -0.704. The number of esters is 1. The Labute approximate surface area is 198 Å². The van der Waals surface area contributed by atoms with Gasteiger partial charge in [0.1, 0.15) is 18.1 Å². The second-order valence-electron chi connectivity index (χ2n) is 8.53. The van der Waals surface area contributed by atoms with Crippen LogP contribution in [0, 0.1) is 10.8 Å². The van der Waals surface area contributed by atoms with E-state index in [1.807, 2.05) is 91.0 Å². The van der Waals surface area contributed by atoms with Gasteiger partial charge in [-0.15, -0.1) is 0 Å². The largest absolute Gasteiger partial charge is 0.460 e. The molecule has 164 valence electrons. The molecule has 3 aromatic rings. The molecule has 1 unspecified atom stereocenters. The molecule has 1 aliphatic rings. The standard InChI is InChI=1S/C27H25ClO3S/c1-26(2)19-27(26,17-24(28)32-23-14-7-4-8-15-23)25(29)30-18-20-10-9-13-22(16-20)31-21-11-5-3-6-12-21/h3-17H,18-19H2,1-2H3. The van der Waals surface area contributed by atoms with Crippen molar-refractivity contribution >= 4 is 29.3 Å². The summed E-state index contributed by atoms with van der Waals surface area (Å²) in [6.45, 7) is 4.31. The number of halogens is 1. The molecular weight excluding hydrogens is 440 g/mol. The smallest absolute Gasteiger partial charge is 0.316 e. The molecular formula is C27H25ClO3S. The zero-order valence-electron chi connectivity index (χ0n) is 18.1. The van der Waals surface area contributed by atoms with Crippen LogP contribution in [0.2, 0.25) is 0 Å². The Morgan fingerprint density at radius 2 is 1.59 bits per heavy atom. The molecule has 1 fully saturated rings. The van der Waals surface area contributed by atoms with Crippen molar-refractivity contribution in [2.45, 2.75) is 31.8 Å². The molecule has 1 atom stereocenters. The maximum Gasteiger partial charge on any atom is 0.316 e. The van der Waals surface area contributed by atoms with Gasteiger partial charge in [-0.2, -0.15) is 0 Å². The number of ether oxygens (including phenoxy) is 2. The lowest BCUT2D eigenvalue weighted by Gasteiger charge is -2.17. The third kappa shape index (κ3) is 5.20. The van der Waals surface area contributed by atoms with Crippen LogP contribution in [-0.2, 0) is 16.1 Å². The van der Waals surface area contributed by atoms with Gasteiger partial charge < -0.3 is 9.47 Å². The van der Waals surface area contributed by atoms with Crippen molar-refractivity contribution in [3.05, 3.63) is 101 Å². The van der Waals surface area contributed by atoms with Crippen LogP contribution in [0.25, 0.3) is 0 Å². The summed E-state index contributed by atoms with van der Waals surface area (Å²) in [5.74, 6) is 1.22. The SMILES string of the molecule is CC1(C)CC1(C=C(Cl)Sc1ccccc1)C(=O)OCc1cccc(Oc2ccccc2)c1. The number of hydrogen-bond acceptors (Lipinski definition) is 4. The predicted octanol–water partition coefficient (Wildman–Crippen LogP) is 7.81. The molecule has 1 saturated carbocycles. The molecule has 3 nitrogen and oxygen atoms in total. The zero-order chi connectivity index (χ0) is 22.6. The van der Waals surface area contributed by atoms with Crippen molar-refractivity contribution in [1.29, 1.82) is 0 Å². The van der Waals surface area contributed by atoms with Crippen LogP contribution in [0.15, 0.2) is 100 Å². The van der Waals surface area contributed by atoms with E-state index in [4.69, 9.17) is 21.1 Å². The molecule has 32 heavy (non-hydrogen) atoms. The van der Waals surface area contributed by atoms with E-state index < -0.39 is 5.41 Å². The van der Waals surface area contributed by atoms with E-state index >= 15 is 0 Å². The van der Waals surface area contributed by atoms with Crippen LogP contribution in [0.4, 0.5) is 0 Å². The second kappa shape index (κ2) is 9.43. The Morgan fingerprint density at radius 1 is 0.969 bits per heavy atom. The Morgan fingerprint density at radius 3 is 2.25 bits per heavy atom. The second-order valence-corrected chi connectivity index (χ2v) is 10.3. The number of benzene rings is 3. The molecule has 0 aliphatic heterocycles. The molecule has 0 aromatic heterocycles. The molecule has 4 rings (SSSR count). The van der Waals surface area contributed by atoms with Gasteiger partial charge >= 0.3 is 5.97 Å². The van der Waals surface area contributed by atoms with Gasteiger partial charge in [0.05, 0.1) is 9.78 Å². The van der Waals surface area contributed by atoms with Crippen molar-refractivity contribution < 1.29 is 14.3 Å². The number of thioether (sulfide) groups is 1. The monoisotopic (exact) mass is 464 g/mol. The summed E-state index contributed by atoms with van der Waals surface area (Å²) in [4.78, 5) is 14.1. The first-order valence-corrected chi connectivity index (χ1v) is 11.7. The molecule has 1 aliphatic carbocycles. The van der Waals surface area contributed by atoms with E-state index in [0.29, 0.717) is 16.5 Å². The number of hydrogen-bond donors (Lipinski definition) is 0. The summed E-state index contributed by atoms with van der Waals surface area (Å²) in [7, 11) is 0. The summed E-state index contributed by atoms with van der Waals surface area (Å²) >= 11 is 7.97. The Balaban J connectivity index is 1.42. The first-order valence-electron chi connectivity index (χ1n) is 10.5. The normalized spacial score (nSPS) is 19.3. The molecule has 3 aromatic carbocycles. The maximum atomic E-state index is 13.1. The molecule has 0 amide bonds. The van der Waals surface area contributed by atoms with Crippen molar-refractivity contribution in [2.75, 3.05) is 0 Å². The van der Waals surface area contributed by atoms with Gasteiger partial charge in [-0.25, -0.2) is 0 Å². The topological polar surface area (TPSA) is 35.5 Å². The number of para-hydroxylation sites is 1. The van der Waals surface area contributed by atoms with Crippen LogP contribution in [0.5, 0.6) is 11.5 Å². The van der Waals surface area contributed by atoms with Crippen molar-refractivity contribution in [3.63, 3.8) is 0 Å². The maximum absolute atomic E-state index is 13.1. The van der Waals surface area contributed by atoms with Crippen molar-refractivity contribution in [3.8, 4) is 11.5 Å². The van der Waals surface area contributed by atoms with Crippen LogP contribution in [-0.4, -0.2) is 5.97 Å². The van der Waals surface area contributed by atoms with Gasteiger partial charge in [0, 0.05) is 4.90 Å². The van der Waals surface area contributed by atoms with E-state index in [1.54, 1.807) is 0 Å². The number of carbonyl (C=O) groups excluding carboxylic acids is 1. The number of rotatable bonds is 8.